The molecule has 0 unspecified atom stereocenters. The Morgan fingerprint density at radius 2 is 1.12 bits per heavy atom. The normalized spacial score (nSPS) is 16.6. The molecular formula is C39H30N4. The van der Waals surface area contributed by atoms with E-state index in [2.05, 4.69) is 167 Å². The first kappa shape index (κ1) is 24.3. The summed E-state index contributed by atoms with van der Waals surface area (Å²) in [4.78, 5) is 4.76. The third kappa shape index (κ3) is 3.02. The first-order chi connectivity index (χ1) is 21.2. The standard InChI is InChI=1S/C39H30N4/c1-42-23-24-43(26-42)39(35-19-8-4-15-31(35)32-16-5-9-20-36(32)39)28-12-10-11-27(25-28)38(37-21-22-40-41-37)33-17-6-2-13-29(33)30-14-3-7-18-34(30)38/h2-25H,26H2,1H3,(H,40,41). The predicted molar refractivity (Wildman–Crippen MR) is 171 cm³/mol. The first-order valence-corrected chi connectivity index (χ1v) is 14.9. The number of nitrogens with zero attached hydrogens (tertiary/aromatic N) is 3. The molecule has 0 bridgehead atoms. The maximum Gasteiger partial charge on any atom is 0.118 e. The van der Waals surface area contributed by atoms with Gasteiger partial charge in [-0.25, -0.2) is 0 Å². The summed E-state index contributed by atoms with van der Waals surface area (Å²) in [5.41, 5.74) is 12.9. The molecule has 1 N–H and O–H groups in total. The van der Waals surface area contributed by atoms with Gasteiger partial charge in [-0.05, 0) is 61.7 Å². The number of aromatic nitrogens is 2. The van der Waals surface area contributed by atoms with Gasteiger partial charge in [0.15, 0.2) is 0 Å². The lowest BCUT2D eigenvalue weighted by molar-refractivity contribution is 0.198. The van der Waals surface area contributed by atoms with E-state index in [4.69, 9.17) is 0 Å². The summed E-state index contributed by atoms with van der Waals surface area (Å²) >= 11 is 0. The molecular weight excluding hydrogens is 524 g/mol. The third-order valence-corrected chi connectivity index (χ3v) is 9.80. The van der Waals surface area contributed by atoms with Crippen LogP contribution in [0.1, 0.15) is 39.1 Å². The predicted octanol–water partition coefficient (Wildman–Crippen LogP) is 7.72. The molecule has 0 amide bonds. The lowest BCUT2D eigenvalue weighted by atomic mass is 9.68. The van der Waals surface area contributed by atoms with Gasteiger partial charge in [0, 0.05) is 25.6 Å². The second kappa shape index (κ2) is 8.83. The topological polar surface area (TPSA) is 35.2 Å². The van der Waals surface area contributed by atoms with E-state index < -0.39 is 11.0 Å². The van der Waals surface area contributed by atoms with Crippen LogP contribution >= 0.6 is 0 Å². The van der Waals surface area contributed by atoms with E-state index >= 15 is 0 Å². The van der Waals surface area contributed by atoms with Crippen LogP contribution in [-0.4, -0.2) is 33.7 Å². The molecule has 4 heteroatoms. The van der Waals surface area contributed by atoms with Crippen molar-refractivity contribution in [3.63, 3.8) is 0 Å². The van der Waals surface area contributed by atoms with Gasteiger partial charge in [0.2, 0.25) is 0 Å². The fraction of sp³-hybridized carbons (Fsp3) is 0.103. The van der Waals surface area contributed by atoms with Gasteiger partial charge in [0.05, 0.1) is 17.8 Å². The molecule has 6 aromatic rings. The van der Waals surface area contributed by atoms with E-state index in [-0.39, 0.29) is 0 Å². The molecule has 9 rings (SSSR count). The quantitative estimate of drug-likeness (QED) is 0.242. The zero-order valence-electron chi connectivity index (χ0n) is 23.9. The zero-order valence-corrected chi connectivity index (χ0v) is 23.9. The van der Waals surface area contributed by atoms with E-state index in [1.807, 2.05) is 6.20 Å². The van der Waals surface area contributed by atoms with E-state index in [0.29, 0.717) is 0 Å². The Labute approximate surface area is 251 Å². The number of hydrogen-bond acceptors (Lipinski definition) is 3. The van der Waals surface area contributed by atoms with Crippen molar-refractivity contribution in [2.24, 2.45) is 0 Å². The van der Waals surface area contributed by atoms with Crippen molar-refractivity contribution in [1.82, 2.24) is 20.0 Å². The molecule has 2 aliphatic carbocycles. The van der Waals surface area contributed by atoms with Crippen molar-refractivity contribution in [2.75, 3.05) is 13.7 Å². The molecule has 0 fully saturated rings. The van der Waals surface area contributed by atoms with Crippen LogP contribution in [0.4, 0.5) is 0 Å². The number of H-pyrrole nitrogens is 1. The second-order valence-corrected chi connectivity index (χ2v) is 11.9. The zero-order chi connectivity index (χ0) is 28.6. The van der Waals surface area contributed by atoms with E-state index in [9.17, 15) is 0 Å². The largest absolute Gasteiger partial charge is 0.362 e. The maximum atomic E-state index is 4.48. The highest BCUT2D eigenvalue weighted by atomic mass is 15.4. The number of fused-ring (bicyclic) bond motifs is 6. The molecule has 4 nitrogen and oxygen atoms in total. The van der Waals surface area contributed by atoms with Crippen molar-refractivity contribution < 1.29 is 0 Å². The van der Waals surface area contributed by atoms with Crippen molar-refractivity contribution >= 4 is 0 Å². The highest BCUT2D eigenvalue weighted by Crippen LogP contribution is 2.58. The number of hydrogen-bond donors (Lipinski definition) is 1. The third-order valence-electron chi connectivity index (χ3n) is 9.80. The Morgan fingerprint density at radius 1 is 0.581 bits per heavy atom. The van der Waals surface area contributed by atoms with Crippen molar-refractivity contribution in [3.8, 4) is 22.3 Å². The Bertz CT molecular complexity index is 1960. The molecule has 43 heavy (non-hydrogen) atoms. The van der Waals surface area contributed by atoms with Crippen molar-refractivity contribution in [2.45, 2.75) is 11.0 Å². The Morgan fingerprint density at radius 3 is 1.65 bits per heavy atom. The summed E-state index contributed by atoms with van der Waals surface area (Å²) in [6.45, 7) is 0.796. The minimum atomic E-state index is -0.532. The van der Waals surface area contributed by atoms with Crippen molar-refractivity contribution in [3.05, 3.63) is 185 Å². The fourth-order valence-electron chi connectivity index (χ4n) is 8.18. The highest BCUT2D eigenvalue weighted by molar-refractivity contribution is 5.87. The molecule has 0 atom stereocenters. The lowest BCUT2D eigenvalue weighted by Gasteiger charge is -2.42. The van der Waals surface area contributed by atoms with Crippen LogP contribution in [0.2, 0.25) is 0 Å². The van der Waals surface area contributed by atoms with Crippen LogP contribution in [-0.2, 0) is 11.0 Å². The monoisotopic (exact) mass is 554 g/mol. The summed E-state index contributed by atoms with van der Waals surface area (Å²) < 4.78 is 0. The van der Waals surface area contributed by atoms with Crippen LogP contribution in [0, 0.1) is 0 Å². The van der Waals surface area contributed by atoms with Gasteiger partial charge in [-0.1, -0.05) is 121 Å². The fourth-order valence-corrected chi connectivity index (χ4v) is 8.18. The number of benzene rings is 5. The number of aromatic amines is 1. The molecule has 3 aliphatic rings. The van der Waals surface area contributed by atoms with E-state index in [1.54, 1.807) is 0 Å². The highest BCUT2D eigenvalue weighted by Gasteiger charge is 2.51. The summed E-state index contributed by atoms with van der Waals surface area (Å²) in [5, 5.41) is 7.89. The van der Waals surface area contributed by atoms with Crippen LogP contribution < -0.4 is 0 Å². The SMILES string of the molecule is CN1C=CN(C2(c3cccc(C4(c5ccn[nH]5)c5ccccc5-c5ccccc54)c3)c3ccccc3-c3ccccc32)C1. The van der Waals surface area contributed by atoms with Gasteiger partial charge >= 0.3 is 0 Å². The molecule has 0 spiro atoms. The average molecular weight is 555 g/mol. The Balaban J connectivity index is 1.38. The van der Waals surface area contributed by atoms with Crippen LogP contribution in [0.3, 0.4) is 0 Å². The second-order valence-electron chi connectivity index (χ2n) is 11.9. The smallest absolute Gasteiger partial charge is 0.118 e. The molecule has 5 aromatic carbocycles. The lowest BCUT2D eigenvalue weighted by Crippen LogP contribution is -2.45. The van der Waals surface area contributed by atoms with Gasteiger partial charge in [0.25, 0.3) is 0 Å². The maximum absolute atomic E-state index is 4.48. The van der Waals surface area contributed by atoms with Gasteiger partial charge < -0.3 is 9.80 Å². The van der Waals surface area contributed by atoms with E-state index in [0.717, 1.165) is 12.4 Å². The minimum Gasteiger partial charge on any atom is -0.362 e. The van der Waals surface area contributed by atoms with Gasteiger partial charge in [-0.15, -0.1) is 0 Å². The summed E-state index contributed by atoms with van der Waals surface area (Å²) in [7, 11) is 2.15. The van der Waals surface area contributed by atoms with Gasteiger partial charge in [0.1, 0.15) is 5.54 Å². The molecule has 0 radical (unpaired) electrons. The Hall–Kier alpha value is -5.35. The molecule has 1 aliphatic heterocycles. The Kier molecular flexibility index (Phi) is 4.98. The molecule has 206 valence electrons. The first-order valence-electron chi connectivity index (χ1n) is 14.9. The molecule has 2 heterocycles. The summed E-state index contributed by atoms with van der Waals surface area (Å²) in [6.07, 6.45) is 6.32. The molecule has 0 saturated heterocycles. The van der Waals surface area contributed by atoms with Crippen molar-refractivity contribution in [1.29, 1.82) is 0 Å². The summed E-state index contributed by atoms with van der Waals surface area (Å²) in [5.74, 6) is 0. The number of rotatable bonds is 4. The van der Waals surface area contributed by atoms with Crippen LogP contribution in [0.25, 0.3) is 22.3 Å². The van der Waals surface area contributed by atoms with Gasteiger partial charge in [-0.3, -0.25) is 5.10 Å². The summed E-state index contributed by atoms with van der Waals surface area (Å²) in [6, 6.07) is 47.1. The van der Waals surface area contributed by atoms with Crippen LogP contribution in [0.5, 0.6) is 0 Å². The van der Waals surface area contributed by atoms with Gasteiger partial charge in [-0.2, -0.15) is 5.10 Å². The minimum absolute atomic E-state index is 0.489. The van der Waals surface area contributed by atoms with Crippen LogP contribution in [0.15, 0.2) is 146 Å². The van der Waals surface area contributed by atoms with E-state index in [1.165, 1.54) is 55.6 Å². The number of nitrogens with one attached hydrogen (secondary N) is 1. The molecule has 0 saturated carbocycles. The average Bonchev–Trinajstić information content (AvgIpc) is 3.85. The molecule has 1 aromatic heterocycles.